The van der Waals surface area contributed by atoms with Gasteiger partial charge in [-0.2, -0.15) is 0 Å². The predicted molar refractivity (Wildman–Crippen MR) is 222 cm³/mol. The molecule has 0 aromatic heterocycles. The smallest absolute Gasteiger partial charge is 0.322 e. The van der Waals surface area contributed by atoms with E-state index in [0.717, 1.165) is 56.3 Å². The fraction of sp³-hybridized carbons (Fsp3) is 0.854. The molecule has 4 rings (SSSR count). The lowest BCUT2D eigenvalue weighted by Crippen LogP contribution is -2.54. The number of unbranched alkanes of at least 4 members (excludes halogenated alkanes) is 12. The second-order valence-corrected chi connectivity index (χ2v) is 18.9. The number of amides is 1. The SMILES string of the molecule is CCCCC/C=C\C/C=C\CCCCCCCCCCCC(=O)OC1CCC2(C)C(CCC3C2CCC2(C)C(C(C)CCC(=O)NCC(=O)O)CCC32)C1. The minimum Gasteiger partial charge on any atom is -0.480 e. The third-order valence-electron chi connectivity index (χ3n) is 15.3. The Labute approximate surface area is 330 Å². The van der Waals surface area contributed by atoms with Gasteiger partial charge in [0, 0.05) is 12.8 Å². The summed E-state index contributed by atoms with van der Waals surface area (Å²) in [7, 11) is 0. The summed E-state index contributed by atoms with van der Waals surface area (Å²) in [5.74, 6) is 3.03. The maximum absolute atomic E-state index is 12.9. The van der Waals surface area contributed by atoms with Crippen LogP contribution in [-0.2, 0) is 19.1 Å². The van der Waals surface area contributed by atoms with E-state index in [4.69, 9.17) is 9.84 Å². The molecule has 0 bridgehead atoms. The number of fused-ring (bicyclic) bond motifs is 5. The average molecular weight is 752 g/mol. The number of hydrogen-bond acceptors (Lipinski definition) is 4. The largest absolute Gasteiger partial charge is 0.480 e. The Kier molecular flexibility index (Phi) is 19.2. The van der Waals surface area contributed by atoms with Gasteiger partial charge < -0.3 is 15.2 Å². The molecule has 4 fully saturated rings. The van der Waals surface area contributed by atoms with Crippen molar-refractivity contribution in [3.8, 4) is 0 Å². The lowest BCUT2D eigenvalue weighted by atomic mass is 9.44. The minimum absolute atomic E-state index is 0.0354. The highest BCUT2D eigenvalue weighted by Crippen LogP contribution is 2.68. The first-order valence-corrected chi connectivity index (χ1v) is 23.1. The molecule has 4 aliphatic rings. The number of aliphatic carboxylic acids is 1. The Bertz CT molecular complexity index is 1200. The number of carboxylic acids is 1. The highest BCUT2D eigenvalue weighted by Gasteiger charge is 2.60. The Balaban J connectivity index is 1.05. The van der Waals surface area contributed by atoms with E-state index in [1.54, 1.807) is 0 Å². The van der Waals surface area contributed by atoms with E-state index in [1.165, 1.54) is 122 Å². The van der Waals surface area contributed by atoms with Crippen molar-refractivity contribution in [2.24, 2.45) is 46.3 Å². The zero-order valence-electron chi connectivity index (χ0n) is 35.2. The molecule has 9 unspecified atom stereocenters. The lowest BCUT2D eigenvalue weighted by Gasteiger charge is -2.61. The van der Waals surface area contributed by atoms with E-state index < -0.39 is 5.97 Å². The zero-order chi connectivity index (χ0) is 38.8. The Hall–Kier alpha value is -2.11. The summed E-state index contributed by atoms with van der Waals surface area (Å²) in [6, 6.07) is 0. The van der Waals surface area contributed by atoms with E-state index >= 15 is 0 Å². The molecular formula is C48H81NO5. The van der Waals surface area contributed by atoms with E-state index in [-0.39, 0.29) is 24.5 Å². The van der Waals surface area contributed by atoms with Crippen LogP contribution < -0.4 is 5.32 Å². The molecule has 0 saturated heterocycles. The number of esters is 1. The number of rotatable bonds is 25. The van der Waals surface area contributed by atoms with Crippen molar-refractivity contribution >= 4 is 17.8 Å². The second kappa shape index (κ2) is 23.2. The quantitative estimate of drug-likeness (QED) is 0.0550. The molecule has 6 heteroatoms. The van der Waals surface area contributed by atoms with Gasteiger partial charge in [-0.25, -0.2) is 0 Å². The highest BCUT2D eigenvalue weighted by molar-refractivity contribution is 5.81. The van der Waals surface area contributed by atoms with Gasteiger partial charge in [-0.1, -0.05) is 110 Å². The fourth-order valence-electron chi connectivity index (χ4n) is 12.2. The van der Waals surface area contributed by atoms with Gasteiger partial charge in [-0.3, -0.25) is 14.4 Å². The van der Waals surface area contributed by atoms with Crippen molar-refractivity contribution in [2.75, 3.05) is 6.54 Å². The van der Waals surface area contributed by atoms with Crippen LogP contribution in [0.1, 0.15) is 201 Å². The predicted octanol–water partition coefficient (Wildman–Crippen LogP) is 12.5. The summed E-state index contributed by atoms with van der Waals surface area (Å²) >= 11 is 0. The third-order valence-corrected chi connectivity index (χ3v) is 15.3. The fourth-order valence-corrected chi connectivity index (χ4v) is 12.2. The number of carboxylic acid groups (broad SMARTS) is 1. The van der Waals surface area contributed by atoms with Crippen molar-refractivity contribution in [1.82, 2.24) is 5.32 Å². The normalized spacial score (nSPS) is 31.2. The van der Waals surface area contributed by atoms with Crippen LogP contribution in [0.3, 0.4) is 0 Å². The molecule has 0 aliphatic heterocycles. The molecule has 1 amide bonds. The number of nitrogens with one attached hydrogen (secondary N) is 1. The Morgan fingerprint density at radius 2 is 1.37 bits per heavy atom. The third kappa shape index (κ3) is 13.2. The van der Waals surface area contributed by atoms with Gasteiger partial charge in [0.15, 0.2) is 0 Å². The number of allylic oxidation sites excluding steroid dienone is 4. The zero-order valence-corrected chi connectivity index (χ0v) is 35.2. The summed E-state index contributed by atoms with van der Waals surface area (Å²) < 4.78 is 6.15. The van der Waals surface area contributed by atoms with Gasteiger partial charge in [0.2, 0.25) is 5.91 Å². The van der Waals surface area contributed by atoms with Crippen LogP contribution in [0.4, 0.5) is 0 Å². The van der Waals surface area contributed by atoms with Crippen LogP contribution in [0.2, 0.25) is 0 Å². The monoisotopic (exact) mass is 752 g/mol. The van der Waals surface area contributed by atoms with Crippen molar-refractivity contribution in [3.63, 3.8) is 0 Å². The van der Waals surface area contributed by atoms with Crippen molar-refractivity contribution in [2.45, 2.75) is 207 Å². The molecule has 0 aromatic rings. The number of carbonyl (C=O) groups is 3. The van der Waals surface area contributed by atoms with Crippen molar-refractivity contribution in [1.29, 1.82) is 0 Å². The maximum Gasteiger partial charge on any atom is 0.322 e. The first-order chi connectivity index (χ1) is 26.1. The van der Waals surface area contributed by atoms with E-state index in [2.05, 4.69) is 57.3 Å². The van der Waals surface area contributed by atoms with E-state index in [0.29, 0.717) is 41.4 Å². The molecular weight excluding hydrogens is 671 g/mol. The van der Waals surface area contributed by atoms with Gasteiger partial charge >= 0.3 is 11.9 Å². The van der Waals surface area contributed by atoms with Gasteiger partial charge in [-0.05, 0) is 149 Å². The Morgan fingerprint density at radius 1 is 0.741 bits per heavy atom. The number of hydrogen-bond donors (Lipinski definition) is 2. The molecule has 2 N–H and O–H groups in total. The van der Waals surface area contributed by atoms with Crippen molar-refractivity contribution in [3.05, 3.63) is 24.3 Å². The van der Waals surface area contributed by atoms with E-state index in [9.17, 15) is 14.4 Å². The summed E-state index contributed by atoms with van der Waals surface area (Å²) in [5.41, 5.74) is 0.706. The van der Waals surface area contributed by atoms with Crippen LogP contribution in [-0.4, -0.2) is 35.6 Å². The first-order valence-electron chi connectivity index (χ1n) is 23.1. The molecule has 0 heterocycles. The molecule has 54 heavy (non-hydrogen) atoms. The molecule has 9 atom stereocenters. The number of ether oxygens (including phenoxy) is 1. The first kappa shape index (κ1) is 44.6. The molecule has 0 spiro atoms. The highest BCUT2D eigenvalue weighted by atomic mass is 16.5. The van der Waals surface area contributed by atoms with Gasteiger partial charge in [0.1, 0.15) is 12.6 Å². The van der Waals surface area contributed by atoms with Crippen LogP contribution in [0.25, 0.3) is 0 Å². The second-order valence-electron chi connectivity index (χ2n) is 18.9. The van der Waals surface area contributed by atoms with Crippen molar-refractivity contribution < 1.29 is 24.2 Å². The summed E-state index contributed by atoms with van der Waals surface area (Å²) in [6.45, 7) is 9.45. The summed E-state index contributed by atoms with van der Waals surface area (Å²) in [6.07, 6.45) is 41.1. The standard InChI is InChI=1S/C48H81NO5/c1-5-6-7-8-9-10-11-12-13-14-15-16-17-18-19-20-21-22-23-24-46(53)54-39-31-33-47(3)38(35-39)26-27-40-42-29-28-41(48(42,4)34-32-43(40)47)37(2)25-30-44(50)49-36-45(51)52/h9-10,12-13,37-43H,5-8,11,14-36H2,1-4H3,(H,49,50)(H,51,52)/b10-9-,13-12-. The maximum atomic E-state index is 12.9. The van der Waals surface area contributed by atoms with Crippen LogP contribution >= 0.6 is 0 Å². The van der Waals surface area contributed by atoms with Gasteiger partial charge in [0.25, 0.3) is 0 Å². The molecule has 4 saturated carbocycles. The van der Waals surface area contributed by atoms with Crippen LogP contribution in [0, 0.1) is 46.3 Å². The lowest BCUT2D eigenvalue weighted by molar-refractivity contribution is -0.162. The number of carbonyl (C=O) groups excluding carboxylic acids is 2. The minimum atomic E-state index is -0.990. The van der Waals surface area contributed by atoms with Gasteiger partial charge in [0.05, 0.1) is 0 Å². The van der Waals surface area contributed by atoms with Gasteiger partial charge in [-0.15, -0.1) is 0 Å². The molecule has 308 valence electrons. The van der Waals surface area contributed by atoms with Crippen LogP contribution in [0.5, 0.6) is 0 Å². The molecule has 4 aliphatic carbocycles. The molecule has 0 radical (unpaired) electrons. The van der Waals surface area contributed by atoms with E-state index in [1.807, 2.05) is 0 Å². The Morgan fingerprint density at radius 3 is 2.06 bits per heavy atom. The summed E-state index contributed by atoms with van der Waals surface area (Å²) in [5, 5.41) is 11.4. The summed E-state index contributed by atoms with van der Waals surface area (Å²) in [4.78, 5) is 35.9. The average Bonchev–Trinajstić information content (AvgIpc) is 3.51. The van der Waals surface area contributed by atoms with Crippen LogP contribution in [0.15, 0.2) is 24.3 Å². The molecule has 6 nitrogen and oxygen atoms in total. The molecule has 0 aromatic carbocycles. The topological polar surface area (TPSA) is 92.7 Å².